The van der Waals surface area contributed by atoms with E-state index in [1.54, 1.807) is 0 Å². The molecule has 0 aromatic carbocycles. The summed E-state index contributed by atoms with van der Waals surface area (Å²) in [5.74, 6) is 1.75. The molecule has 2 nitrogen and oxygen atoms in total. The second-order valence-corrected chi connectivity index (χ2v) is 6.70. The summed E-state index contributed by atoms with van der Waals surface area (Å²) in [4.78, 5) is 4.50. The topological polar surface area (TPSA) is 24.9 Å². The Morgan fingerprint density at radius 2 is 1.78 bits per heavy atom. The van der Waals surface area contributed by atoms with E-state index in [1.807, 2.05) is 6.20 Å². The molecule has 1 unspecified atom stereocenters. The van der Waals surface area contributed by atoms with E-state index >= 15 is 0 Å². The Morgan fingerprint density at radius 1 is 1.11 bits per heavy atom. The minimum absolute atomic E-state index is 0.175. The number of rotatable bonds is 5. The van der Waals surface area contributed by atoms with Crippen LogP contribution in [0.25, 0.3) is 0 Å². The summed E-state index contributed by atoms with van der Waals surface area (Å²) in [6, 6.07) is 4.75. The third-order valence-electron chi connectivity index (χ3n) is 3.20. The van der Waals surface area contributed by atoms with Gasteiger partial charge in [-0.25, -0.2) is 4.98 Å². The van der Waals surface area contributed by atoms with Crippen LogP contribution in [0.5, 0.6) is 0 Å². The number of hydrogen-bond acceptors (Lipinski definition) is 2. The molecule has 0 aliphatic rings. The van der Waals surface area contributed by atoms with Crippen molar-refractivity contribution < 1.29 is 0 Å². The van der Waals surface area contributed by atoms with Crippen LogP contribution in [0.3, 0.4) is 0 Å². The molecule has 0 aliphatic carbocycles. The molecule has 0 amide bonds. The van der Waals surface area contributed by atoms with Crippen LogP contribution in [0.1, 0.15) is 59.9 Å². The molecule has 1 rings (SSSR count). The van der Waals surface area contributed by atoms with Gasteiger partial charge in [-0.05, 0) is 42.7 Å². The first-order chi connectivity index (χ1) is 8.29. The van der Waals surface area contributed by atoms with Gasteiger partial charge in [-0.2, -0.15) is 0 Å². The van der Waals surface area contributed by atoms with Crippen LogP contribution < -0.4 is 5.32 Å². The predicted molar refractivity (Wildman–Crippen MR) is 80.1 cm³/mol. The van der Waals surface area contributed by atoms with Gasteiger partial charge in [0.1, 0.15) is 5.82 Å². The number of nitrogens with one attached hydrogen (secondary N) is 1. The molecule has 0 spiro atoms. The maximum absolute atomic E-state index is 4.50. The first kappa shape index (κ1) is 15.0. The maximum Gasteiger partial charge on any atom is 0.126 e. The first-order valence-electron chi connectivity index (χ1n) is 7.02. The van der Waals surface area contributed by atoms with Crippen LogP contribution in [-0.2, 0) is 5.41 Å². The van der Waals surface area contributed by atoms with E-state index < -0.39 is 0 Å². The molecule has 1 heterocycles. The third kappa shape index (κ3) is 5.07. The third-order valence-corrected chi connectivity index (χ3v) is 3.20. The lowest BCUT2D eigenvalue weighted by Crippen LogP contribution is -2.17. The van der Waals surface area contributed by atoms with Crippen LogP contribution in [0.15, 0.2) is 18.3 Å². The highest BCUT2D eigenvalue weighted by atomic mass is 15.0. The Bertz CT molecular complexity index is 346. The fourth-order valence-corrected chi connectivity index (χ4v) is 1.83. The van der Waals surface area contributed by atoms with Crippen LogP contribution >= 0.6 is 0 Å². The number of anilines is 1. The fourth-order valence-electron chi connectivity index (χ4n) is 1.83. The summed E-state index contributed by atoms with van der Waals surface area (Å²) in [5.41, 5.74) is 1.46. The molecule has 1 aromatic heterocycles. The second kappa shape index (κ2) is 6.21. The van der Waals surface area contributed by atoms with Crippen LogP contribution in [0, 0.1) is 5.92 Å². The van der Waals surface area contributed by atoms with Gasteiger partial charge in [0.15, 0.2) is 0 Å². The van der Waals surface area contributed by atoms with Gasteiger partial charge in [-0.15, -0.1) is 0 Å². The molecule has 0 saturated heterocycles. The molecule has 0 saturated carbocycles. The molecule has 2 heteroatoms. The van der Waals surface area contributed by atoms with Crippen molar-refractivity contribution in [3.05, 3.63) is 23.9 Å². The van der Waals surface area contributed by atoms with Gasteiger partial charge in [0.2, 0.25) is 0 Å². The average molecular weight is 248 g/mol. The van der Waals surface area contributed by atoms with E-state index in [0.717, 1.165) is 11.7 Å². The van der Waals surface area contributed by atoms with Gasteiger partial charge in [-0.1, -0.05) is 40.7 Å². The van der Waals surface area contributed by atoms with Crippen molar-refractivity contribution >= 4 is 5.82 Å². The molecule has 0 radical (unpaired) electrons. The lowest BCUT2D eigenvalue weighted by Gasteiger charge is -2.20. The molecular formula is C16H28N2. The van der Waals surface area contributed by atoms with Crippen LogP contribution in [0.4, 0.5) is 5.82 Å². The van der Waals surface area contributed by atoms with E-state index in [-0.39, 0.29) is 5.41 Å². The van der Waals surface area contributed by atoms with Crippen molar-refractivity contribution in [2.45, 2.75) is 65.8 Å². The summed E-state index contributed by atoms with van der Waals surface area (Å²) in [7, 11) is 0. The molecule has 0 fully saturated rings. The number of hydrogen-bond donors (Lipinski definition) is 1. The van der Waals surface area contributed by atoms with Crippen molar-refractivity contribution in [2.75, 3.05) is 5.32 Å². The SMILES string of the molecule is CC(C)CCC(C)Nc1ccc(C(C)(C)C)cn1. The normalized spacial score (nSPS) is 13.7. The van der Waals surface area contributed by atoms with Crippen LogP contribution in [-0.4, -0.2) is 11.0 Å². The zero-order valence-electron chi connectivity index (χ0n) is 12.7. The molecule has 0 bridgehead atoms. The van der Waals surface area contributed by atoms with Gasteiger partial charge in [-0.3, -0.25) is 0 Å². The average Bonchev–Trinajstić information content (AvgIpc) is 2.26. The maximum atomic E-state index is 4.50. The summed E-state index contributed by atoms with van der Waals surface area (Å²) in [5, 5.41) is 3.46. The number of pyridine rings is 1. The lowest BCUT2D eigenvalue weighted by atomic mass is 9.88. The summed E-state index contributed by atoms with van der Waals surface area (Å²) in [6.07, 6.45) is 4.44. The van der Waals surface area contributed by atoms with Crippen molar-refractivity contribution in [3.63, 3.8) is 0 Å². The van der Waals surface area contributed by atoms with E-state index in [2.05, 4.69) is 64.0 Å². The van der Waals surface area contributed by atoms with Gasteiger partial charge < -0.3 is 5.32 Å². The summed E-state index contributed by atoms with van der Waals surface area (Å²) >= 11 is 0. The number of aromatic nitrogens is 1. The zero-order valence-corrected chi connectivity index (χ0v) is 12.7. The Morgan fingerprint density at radius 3 is 2.22 bits per heavy atom. The van der Waals surface area contributed by atoms with Crippen molar-refractivity contribution in [1.82, 2.24) is 4.98 Å². The standard InChI is InChI=1S/C16H28N2/c1-12(2)7-8-13(3)18-15-10-9-14(11-17-15)16(4,5)6/h9-13H,7-8H2,1-6H3,(H,17,18). The molecule has 1 aromatic rings. The molecule has 0 aliphatic heterocycles. The molecular weight excluding hydrogens is 220 g/mol. The fraction of sp³-hybridized carbons (Fsp3) is 0.688. The zero-order chi connectivity index (χ0) is 13.8. The first-order valence-corrected chi connectivity index (χ1v) is 7.02. The Hall–Kier alpha value is -1.05. The smallest absolute Gasteiger partial charge is 0.126 e. The second-order valence-electron chi connectivity index (χ2n) is 6.70. The highest BCUT2D eigenvalue weighted by molar-refractivity contribution is 5.37. The van der Waals surface area contributed by atoms with E-state index in [4.69, 9.17) is 0 Å². The summed E-state index contributed by atoms with van der Waals surface area (Å²) in [6.45, 7) is 13.4. The van der Waals surface area contributed by atoms with E-state index in [0.29, 0.717) is 6.04 Å². The van der Waals surface area contributed by atoms with Crippen molar-refractivity contribution in [3.8, 4) is 0 Å². The molecule has 1 N–H and O–H groups in total. The molecule has 102 valence electrons. The lowest BCUT2D eigenvalue weighted by molar-refractivity contribution is 0.527. The molecule has 18 heavy (non-hydrogen) atoms. The largest absolute Gasteiger partial charge is 0.368 e. The quantitative estimate of drug-likeness (QED) is 0.822. The van der Waals surface area contributed by atoms with Crippen LogP contribution in [0.2, 0.25) is 0 Å². The highest BCUT2D eigenvalue weighted by Gasteiger charge is 2.13. The van der Waals surface area contributed by atoms with E-state index in [9.17, 15) is 0 Å². The molecule has 1 atom stereocenters. The van der Waals surface area contributed by atoms with Gasteiger partial charge >= 0.3 is 0 Å². The van der Waals surface area contributed by atoms with Gasteiger partial charge in [0.25, 0.3) is 0 Å². The van der Waals surface area contributed by atoms with Gasteiger partial charge in [0, 0.05) is 12.2 Å². The van der Waals surface area contributed by atoms with Gasteiger partial charge in [0.05, 0.1) is 0 Å². The summed E-state index contributed by atoms with van der Waals surface area (Å²) < 4.78 is 0. The van der Waals surface area contributed by atoms with Crippen molar-refractivity contribution in [2.24, 2.45) is 5.92 Å². The Balaban J connectivity index is 2.53. The minimum atomic E-state index is 0.175. The monoisotopic (exact) mass is 248 g/mol. The highest BCUT2D eigenvalue weighted by Crippen LogP contribution is 2.22. The van der Waals surface area contributed by atoms with E-state index in [1.165, 1.54) is 18.4 Å². The predicted octanol–water partition coefficient (Wildman–Crippen LogP) is 4.62. The Labute approximate surface area is 112 Å². The van der Waals surface area contributed by atoms with Crippen molar-refractivity contribution in [1.29, 1.82) is 0 Å². The Kier molecular flexibility index (Phi) is 5.18. The number of nitrogens with zero attached hydrogens (tertiary/aromatic N) is 1. The minimum Gasteiger partial charge on any atom is -0.368 e.